The molecule has 0 unspecified atom stereocenters. The van der Waals surface area contributed by atoms with Gasteiger partial charge in [-0.15, -0.1) is 0 Å². The van der Waals surface area contributed by atoms with Crippen LogP contribution in [-0.4, -0.2) is 37.8 Å². The highest BCUT2D eigenvalue weighted by atomic mass is 19.4. The van der Waals surface area contributed by atoms with Crippen LogP contribution in [-0.2, 0) is 24.1 Å². The van der Waals surface area contributed by atoms with Crippen molar-refractivity contribution in [2.24, 2.45) is 0 Å². The van der Waals surface area contributed by atoms with Crippen molar-refractivity contribution in [3.63, 3.8) is 0 Å². The Balaban J connectivity index is 2.12. The Labute approximate surface area is 189 Å². The van der Waals surface area contributed by atoms with Gasteiger partial charge in [-0.05, 0) is 23.3 Å². The number of aromatic hydroxyl groups is 1. The highest BCUT2D eigenvalue weighted by molar-refractivity contribution is 5.97. The molecule has 9 nitrogen and oxygen atoms in total. The number of hydrogen-bond donors (Lipinski definition) is 3. The average molecular weight is 477 g/mol. The lowest BCUT2D eigenvalue weighted by atomic mass is 10.1. The highest BCUT2D eigenvalue weighted by Crippen LogP contribution is 2.29. The first kappa shape index (κ1) is 24.3. The number of rotatable bonds is 7. The third-order valence-corrected chi connectivity index (χ3v) is 4.83. The van der Waals surface area contributed by atoms with Crippen molar-refractivity contribution in [2.45, 2.75) is 19.3 Å². The molecule has 0 saturated carbocycles. The van der Waals surface area contributed by atoms with Crippen molar-refractivity contribution in [3.8, 4) is 5.88 Å². The van der Waals surface area contributed by atoms with Crippen LogP contribution in [0.2, 0.25) is 0 Å². The summed E-state index contributed by atoms with van der Waals surface area (Å²) >= 11 is 0. The average Bonchev–Trinajstić information content (AvgIpc) is 2.78. The number of benzene rings is 2. The van der Waals surface area contributed by atoms with Crippen LogP contribution in [0.25, 0.3) is 0 Å². The standard InChI is InChI=1S/C22H18F3N3O6/c23-22(24,25)15-8-6-14(7-9-15)12-28-20(33)17(18(31)26-10-16(29)30)19(32)27(21(28)34)11-13-4-2-1-3-5-13/h1-9,33H,10-12H2,(H,26,31)(H,29,30). The second-order valence-corrected chi connectivity index (χ2v) is 7.22. The second kappa shape index (κ2) is 9.65. The van der Waals surface area contributed by atoms with E-state index in [0.29, 0.717) is 14.7 Å². The number of nitrogens with zero attached hydrogens (tertiary/aromatic N) is 2. The summed E-state index contributed by atoms with van der Waals surface area (Å²) < 4.78 is 39.8. The van der Waals surface area contributed by atoms with Crippen LogP contribution in [0, 0.1) is 0 Å². The first-order valence-corrected chi connectivity index (χ1v) is 9.75. The Hall–Kier alpha value is -4.35. The third kappa shape index (κ3) is 5.34. The Morgan fingerprint density at radius 2 is 1.44 bits per heavy atom. The van der Waals surface area contributed by atoms with E-state index in [1.807, 2.05) is 5.32 Å². The molecule has 2 aromatic carbocycles. The van der Waals surface area contributed by atoms with Gasteiger partial charge in [-0.3, -0.25) is 23.5 Å². The number of aromatic nitrogens is 2. The van der Waals surface area contributed by atoms with E-state index in [2.05, 4.69) is 0 Å². The van der Waals surface area contributed by atoms with Crippen molar-refractivity contribution in [2.75, 3.05) is 6.54 Å². The number of hydrogen-bond acceptors (Lipinski definition) is 5. The number of halogens is 3. The maximum Gasteiger partial charge on any atom is 0.416 e. The topological polar surface area (TPSA) is 131 Å². The molecule has 0 atom stereocenters. The van der Waals surface area contributed by atoms with Crippen LogP contribution in [0.4, 0.5) is 13.2 Å². The molecule has 0 aliphatic heterocycles. The van der Waals surface area contributed by atoms with Crippen molar-refractivity contribution >= 4 is 11.9 Å². The van der Waals surface area contributed by atoms with Crippen LogP contribution >= 0.6 is 0 Å². The molecule has 1 heterocycles. The molecule has 3 N–H and O–H groups in total. The van der Waals surface area contributed by atoms with E-state index in [-0.39, 0.29) is 12.1 Å². The van der Waals surface area contributed by atoms with Gasteiger partial charge in [0.1, 0.15) is 6.54 Å². The van der Waals surface area contributed by atoms with Gasteiger partial charge in [0.15, 0.2) is 5.56 Å². The van der Waals surface area contributed by atoms with Gasteiger partial charge in [0.05, 0.1) is 18.7 Å². The number of nitrogens with one attached hydrogen (secondary N) is 1. The summed E-state index contributed by atoms with van der Waals surface area (Å²) in [6.07, 6.45) is -4.57. The quantitative estimate of drug-likeness (QED) is 0.474. The smallest absolute Gasteiger partial charge is 0.416 e. The Bertz CT molecular complexity index is 1330. The Kier molecular flexibility index (Phi) is 6.89. The zero-order valence-electron chi connectivity index (χ0n) is 17.4. The molecule has 3 aromatic rings. The Morgan fingerprint density at radius 3 is 2.00 bits per heavy atom. The highest BCUT2D eigenvalue weighted by Gasteiger charge is 2.30. The molecular formula is C22H18F3N3O6. The molecule has 1 amide bonds. The summed E-state index contributed by atoms with van der Waals surface area (Å²) in [4.78, 5) is 49.2. The summed E-state index contributed by atoms with van der Waals surface area (Å²) in [5, 5.41) is 21.3. The number of carboxylic acid groups (broad SMARTS) is 1. The molecule has 0 bridgehead atoms. The van der Waals surface area contributed by atoms with Crippen molar-refractivity contribution in [3.05, 3.63) is 97.7 Å². The predicted molar refractivity (Wildman–Crippen MR) is 113 cm³/mol. The molecule has 34 heavy (non-hydrogen) atoms. The summed E-state index contributed by atoms with van der Waals surface area (Å²) in [5.41, 5.74) is -3.27. The maximum absolute atomic E-state index is 13.0. The number of carbonyl (C=O) groups excluding carboxylic acids is 1. The van der Waals surface area contributed by atoms with Gasteiger partial charge in [-0.1, -0.05) is 42.5 Å². The largest absolute Gasteiger partial charge is 0.494 e. The minimum atomic E-state index is -4.57. The van der Waals surface area contributed by atoms with Crippen LogP contribution in [0.1, 0.15) is 27.0 Å². The van der Waals surface area contributed by atoms with E-state index in [1.165, 1.54) is 0 Å². The SMILES string of the molecule is O=C(O)CNC(=O)c1c(O)n(Cc2ccc(C(F)(F)F)cc2)c(=O)n(Cc2ccccc2)c1=O. The molecule has 0 saturated heterocycles. The molecule has 1 aromatic heterocycles. The van der Waals surface area contributed by atoms with Gasteiger partial charge in [-0.2, -0.15) is 13.2 Å². The van der Waals surface area contributed by atoms with Gasteiger partial charge in [0, 0.05) is 0 Å². The van der Waals surface area contributed by atoms with Crippen molar-refractivity contribution < 1.29 is 33.0 Å². The molecule has 0 aliphatic rings. The molecule has 0 fully saturated rings. The number of amides is 1. The van der Waals surface area contributed by atoms with E-state index < -0.39 is 59.4 Å². The number of aliphatic carboxylic acids is 1. The third-order valence-electron chi connectivity index (χ3n) is 4.83. The molecule has 12 heteroatoms. The zero-order chi connectivity index (χ0) is 25.0. The van der Waals surface area contributed by atoms with Gasteiger partial charge in [0.2, 0.25) is 5.88 Å². The van der Waals surface area contributed by atoms with Crippen molar-refractivity contribution in [1.82, 2.24) is 14.5 Å². The fraction of sp³-hybridized carbons (Fsp3) is 0.182. The minimum absolute atomic E-state index is 0.173. The van der Waals surface area contributed by atoms with E-state index in [9.17, 15) is 37.5 Å². The lowest BCUT2D eigenvalue weighted by Crippen LogP contribution is -2.45. The van der Waals surface area contributed by atoms with Gasteiger partial charge < -0.3 is 15.5 Å². The molecular weight excluding hydrogens is 459 g/mol. The summed E-state index contributed by atoms with van der Waals surface area (Å²) in [5.74, 6) is -3.68. The lowest BCUT2D eigenvalue weighted by Gasteiger charge is -2.16. The van der Waals surface area contributed by atoms with E-state index in [1.54, 1.807) is 30.3 Å². The minimum Gasteiger partial charge on any atom is -0.494 e. The first-order valence-electron chi connectivity index (χ1n) is 9.75. The van der Waals surface area contributed by atoms with Crippen LogP contribution in [0.5, 0.6) is 5.88 Å². The van der Waals surface area contributed by atoms with Gasteiger partial charge in [-0.25, -0.2) is 4.79 Å². The lowest BCUT2D eigenvalue weighted by molar-refractivity contribution is -0.138. The zero-order valence-corrected chi connectivity index (χ0v) is 17.4. The number of carbonyl (C=O) groups is 2. The normalized spacial score (nSPS) is 11.3. The summed E-state index contributed by atoms with van der Waals surface area (Å²) in [6.45, 7) is -1.59. The number of carboxylic acids is 1. The van der Waals surface area contributed by atoms with E-state index in [4.69, 9.17) is 5.11 Å². The van der Waals surface area contributed by atoms with Gasteiger partial charge >= 0.3 is 17.8 Å². The second-order valence-electron chi connectivity index (χ2n) is 7.22. The first-order chi connectivity index (χ1) is 16.0. The Morgan fingerprint density at radius 1 is 0.882 bits per heavy atom. The monoisotopic (exact) mass is 477 g/mol. The van der Waals surface area contributed by atoms with Crippen LogP contribution < -0.4 is 16.6 Å². The summed E-state index contributed by atoms with van der Waals surface area (Å²) in [6, 6.07) is 12.0. The van der Waals surface area contributed by atoms with Gasteiger partial charge in [0.25, 0.3) is 11.5 Å². The fourth-order valence-corrected chi connectivity index (χ4v) is 3.16. The predicted octanol–water partition coefficient (Wildman–Crippen LogP) is 1.65. The molecule has 178 valence electrons. The number of alkyl halides is 3. The van der Waals surface area contributed by atoms with Crippen LogP contribution in [0.3, 0.4) is 0 Å². The fourth-order valence-electron chi connectivity index (χ4n) is 3.16. The molecule has 3 rings (SSSR count). The van der Waals surface area contributed by atoms with Crippen molar-refractivity contribution in [1.29, 1.82) is 0 Å². The maximum atomic E-state index is 13.0. The van der Waals surface area contributed by atoms with E-state index >= 15 is 0 Å². The molecule has 0 radical (unpaired) electrons. The van der Waals surface area contributed by atoms with E-state index in [0.717, 1.165) is 24.3 Å². The molecule has 0 aliphatic carbocycles. The van der Waals surface area contributed by atoms with Crippen LogP contribution in [0.15, 0.2) is 64.2 Å². The molecule has 0 spiro atoms. The summed E-state index contributed by atoms with van der Waals surface area (Å²) in [7, 11) is 0.